The molecule has 54 heavy (non-hydrogen) atoms. The SMILES string of the molecule is COc1ccc(Cc2ccc(C(c3ccc(Cc4ccc(OC)cc4)cc3)c3cn([C@H]4O[C@@H](CO)C(O)C4N)c(=O)n(C(=O)C(F)(F)F)c3=O)cc2)cc1. The van der Waals surface area contributed by atoms with E-state index in [2.05, 4.69) is 0 Å². The number of alkyl halides is 3. The van der Waals surface area contributed by atoms with Crippen LogP contribution in [0.25, 0.3) is 0 Å². The van der Waals surface area contributed by atoms with Crippen molar-refractivity contribution < 1.29 is 42.4 Å². The van der Waals surface area contributed by atoms with Gasteiger partial charge in [-0.15, -0.1) is 0 Å². The summed E-state index contributed by atoms with van der Waals surface area (Å²) >= 11 is 0. The van der Waals surface area contributed by atoms with Crippen molar-refractivity contribution in [3.05, 3.63) is 163 Å². The molecular weight excluding hydrogens is 707 g/mol. The molecular formula is C40H38F3N3O8. The largest absolute Gasteiger partial charge is 0.497 e. The lowest BCUT2D eigenvalue weighted by atomic mass is 9.85. The Morgan fingerprint density at radius 2 is 1.22 bits per heavy atom. The van der Waals surface area contributed by atoms with Crippen molar-refractivity contribution in [2.75, 3.05) is 20.8 Å². The number of nitrogens with two attached hydrogens (primary N) is 1. The fourth-order valence-corrected chi connectivity index (χ4v) is 6.61. The van der Waals surface area contributed by atoms with E-state index in [-0.39, 0.29) is 5.56 Å². The molecule has 1 aliphatic heterocycles. The van der Waals surface area contributed by atoms with Crippen LogP contribution in [-0.2, 0) is 17.6 Å². The van der Waals surface area contributed by atoms with E-state index >= 15 is 0 Å². The first-order chi connectivity index (χ1) is 25.8. The topological polar surface area (TPSA) is 155 Å². The summed E-state index contributed by atoms with van der Waals surface area (Å²) in [5.41, 5.74) is 7.30. The minimum atomic E-state index is -5.60. The zero-order valence-corrected chi connectivity index (χ0v) is 29.3. The predicted molar refractivity (Wildman–Crippen MR) is 192 cm³/mol. The first-order valence-corrected chi connectivity index (χ1v) is 17.0. The average molecular weight is 746 g/mol. The van der Waals surface area contributed by atoms with Crippen LogP contribution in [0.15, 0.2) is 113 Å². The molecule has 282 valence electrons. The molecule has 1 saturated heterocycles. The van der Waals surface area contributed by atoms with Gasteiger partial charge in [-0.1, -0.05) is 72.8 Å². The van der Waals surface area contributed by atoms with Crippen molar-refractivity contribution in [2.45, 2.75) is 49.4 Å². The lowest BCUT2D eigenvalue weighted by Gasteiger charge is -2.24. The monoisotopic (exact) mass is 745 g/mol. The molecule has 0 spiro atoms. The van der Waals surface area contributed by atoms with Crippen molar-refractivity contribution in [3.8, 4) is 11.5 Å². The number of aliphatic hydroxyl groups is 2. The molecule has 0 bridgehead atoms. The number of carbonyl (C=O) groups is 1. The summed E-state index contributed by atoms with van der Waals surface area (Å²) in [5.74, 6) is -2.40. The van der Waals surface area contributed by atoms with Gasteiger partial charge in [0.15, 0.2) is 6.23 Å². The number of ether oxygens (including phenoxy) is 3. The summed E-state index contributed by atoms with van der Waals surface area (Å²) < 4.78 is 58.1. The maximum Gasteiger partial charge on any atom is 0.472 e. The molecule has 1 aromatic heterocycles. The van der Waals surface area contributed by atoms with Crippen LogP contribution < -0.4 is 26.5 Å². The molecule has 0 saturated carbocycles. The smallest absolute Gasteiger partial charge is 0.472 e. The second-order valence-electron chi connectivity index (χ2n) is 13.0. The molecule has 0 aliphatic carbocycles. The van der Waals surface area contributed by atoms with E-state index < -0.39 is 64.9 Å². The van der Waals surface area contributed by atoms with Crippen molar-refractivity contribution in [1.29, 1.82) is 0 Å². The molecule has 14 heteroatoms. The van der Waals surface area contributed by atoms with Crippen LogP contribution in [0.5, 0.6) is 11.5 Å². The third kappa shape index (κ3) is 7.87. The Morgan fingerprint density at radius 3 is 1.59 bits per heavy atom. The molecule has 2 heterocycles. The summed E-state index contributed by atoms with van der Waals surface area (Å²) in [7, 11) is 3.14. The van der Waals surface area contributed by atoms with E-state index in [0.29, 0.717) is 40.0 Å². The average Bonchev–Trinajstić information content (AvgIpc) is 3.46. The minimum absolute atomic E-state index is 0.365. The quantitative estimate of drug-likeness (QED) is 0.181. The number of methoxy groups -OCH3 is 2. The normalized spacial score (nSPS) is 18.5. The van der Waals surface area contributed by atoms with Gasteiger partial charge in [0, 0.05) is 17.7 Å². The Bertz CT molecular complexity index is 2110. The maximum absolute atomic E-state index is 14.1. The standard InChI is InChI=1S/C40H38F3N3O8/c1-52-29-15-7-25(8-16-29)19-23-3-11-27(12-4-23)33(28-13-5-24(6-14-28)20-26-9-17-30(53-2)18-10-26)31-21-45(37-34(44)35(48)32(22-47)54-37)39(51)46(36(31)49)38(50)40(41,42)43/h3-18,21,32-35,37,47-48H,19-20,22,44H2,1-2H3/t32-,34?,35?,37-/m0/s1. The molecule has 0 amide bonds. The highest BCUT2D eigenvalue weighted by atomic mass is 19.4. The van der Waals surface area contributed by atoms with Gasteiger partial charge < -0.3 is 30.2 Å². The molecule has 0 radical (unpaired) electrons. The lowest BCUT2D eigenvalue weighted by Crippen LogP contribution is -2.52. The van der Waals surface area contributed by atoms with Gasteiger partial charge in [-0.25, -0.2) is 4.79 Å². The Labute approximate surface area is 307 Å². The molecule has 5 aromatic rings. The molecule has 4 aromatic carbocycles. The Hall–Kier alpha value is -5.54. The van der Waals surface area contributed by atoms with E-state index in [1.54, 1.807) is 38.5 Å². The van der Waals surface area contributed by atoms with Crippen molar-refractivity contribution in [3.63, 3.8) is 0 Å². The fourth-order valence-electron chi connectivity index (χ4n) is 6.61. The number of nitrogens with zero attached hydrogens (tertiary/aromatic N) is 2. The van der Waals surface area contributed by atoms with Crippen LogP contribution in [0.3, 0.4) is 0 Å². The Morgan fingerprint density at radius 1 is 0.796 bits per heavy atom. The fraction of sp³-hybridized carbons (Fsp3) is 0.275. The third-order valence-electron chi connectivity index (χ3n) is 9.53. The van der Waals surface area contributed by atoms with Crippen LogP contribution in [-0.4, -0.2) is 70.5 Å². The van der Waals surface area contributed by atoms with Gasteiger partial charge in [-0.3, -0.25) is 14.2 Å². The van der Waals surface area contributed by atoms with Gasteiger partial charge in [0.25, 0.3) is 5.56 Å². The third-order valence-corrected chi connectivity index (χ3v) is 9.53. The maximum atomic E-state index is 14.1. The molecule has 4 atom stereocenters. The molecule has 11 nitrogen and oxygen atoms in total. The highest BCUT2D eigenvalue weighted by Gasteiger charge is 2.46. The second-order valence-corrected chi connectivity index (χ2v) is 13.0. The minimum Gasteiger partial charge on any atom is -0.497 e. The van der Waals surface area contributed by atoms with Gasteiger partial charge in [-0.2, -0.15) is 17.7 Å². The summed E-state index contributed by atoms with van der Waals surface area (Å²) in [5, 5.41) is 20.2. The van der Waals surface area contributed by atoms with Gasteiger partial charge in [0.1, 0.15) is 23.7 Å². The lowest BCUT2D eigenvalue weighted by molar-refractivity contribution is -0.0957. The first kappa shape index (κ1) is 38.2. The van der Waals surface area contributed by atoms with Crippen molar-refractivity contribution in [1.82, 2.24) is 9.13 Å². The Balaban J connectivity index is 1.48. The molecule has 2 unspecified atom stereocenters. The highest BCUT2D eigenvalue weighted by Crippen LogP contribution is 2.33. The highest BCUT2D eigenvalue weighted by molar-refractivity contribution is 5.84. The van der Waals surface area contributed by atoms with E-state index in [4.69, 9.17) is 19.9 Å². The molecule has 1 fully saturated rings. The van der Waals surface area contributed by atoms with Gasteiger partial charge in [0.2, 0.25) is 0 Å². The Kier molecular flexibility index (Phi) is 11.2. The summed E-state index contributed by atoms with van der Waals surface area (Å²) in [6, 6.07) is 27.8. The first-order valence-electron chi connectivity index (χ1n) is 17.0. The van der Waals surface area contributed by atoms with E-state index in [9.17, 15) is 37.8 Å². The van der Waals surface area contributed by atoms with Crippen LogP contribution in [0.2, 0.25) is 0 Å². The van der Waals surface area contributed by atoms with Crippen molar-refractivity contribution in [2.24, 2.45) is 5.73 Å². The van der Waals surface area contributed by atoms with E-state index in [1.165, 1.54) is 0 Å². The van der Waals surface area contributed by atoms with E-state index in [0.717, 1.165) is 28.5 Å². The van der Waals surface area contributed by atoms with Crippen molar-refractivity contribution >= 4 is 5.91 Å². The zero-order chi connectivity index (χ0) is 38.7. The van der Waals surface area contributed by atoms with Crippen LogP contribution in [0.4, 0.5) is 13.2 Å². The molecule has 4 N–H and O–H groups in total. The number of rotatable bonds is 11. The van der Waals surface area contributed by atoms with Gasteiger partial charge in [-0.05, 0) is 70.5 Å². The summed E-state index contributed by atoms with van der Waals surface area (Å²) in [6.07, 6.45) is -7.94. The summed E-state index contributed by atoms with van der Waals surface area (Å²) in [6.45, 7) is -0.720. The zero-order valence-electron chi connectivity index (χ0n) is 29.3. The molecule has 6 rings (SSSR count). The van der Waals surface area contributed by atoms with Crippen LogP contribution >= 0.6 is 0 Å². The number of hydrogen-bond donors (Lipinski definition) is 3. The number of aromatic nitrogens is 2. The molecule has 1 aliphatic rings. The van der Waals surface area contributed by atoms with Crippen LogP contribution in [0, 0.1) is 0 Å². The number of benzene rings is 4. The predicted octanol–water partition coefficient (Wildman–Crippen LogP) is 4.17. The number of carbonyl (C=O) groups excluding carboxylic acids is 1. The van der Waals surface area contributed by atoms with Gasteiger partial charge in [0.05, 0.1) is 26.9 Å². The second kappa shape index (κ2) is 15.8. The number of hydrogen-bond acceptors (Lipinski definition) is 9. The number of aliphatic hydroxyl groups excluding tert-OH is 2. The van der Waals surface area contributed by atoms with Gasteiger partial charge >= 0.3 is 17.8 Å². The number of halogens is 3. The summed E-state index contributed by atoms with van der Waals surface area (Å²) in [4.78, 5) is 40.4. The van der Waals surface area contributed by atoms with Crippen LogP contribution in [0.1, 0.15) is 55.9 Å². The van der Waals surface area contributed by atoms with E-state index in [1.807, 2.05) is 72.8 Å².